The third-order valence-electron chi connectivity index (χ3n) is 4.34. The van der Waals surface area contributed by atoms with E-state index < -0.39 is 0 Å². The Morgan fingerprint density at radius 1 is 1.16 bits per heavy atom. The number of aryl methyl sites for hydroxylation is 1. The number of para-hydroxylation sites is 1. The van der Waals surface area contributed by atoms with Gasteiger partial charge in [-0.15, -0.1) is 5.10 Å². The van der Waals surface area contributed by atoms with Gasteiger partial charge in [-0.2, -0.15) is 0 Å². The van der Waals surface area contributed by atoms with E-state index in [1.807, 2.05) is 30.3 Å². The van der Waals surface area contributed by atoms with Crippen LogP contribution in [0.15, 0.2) is 60.8 Å². The maximum Gasteiger partial charge on any atom is 0.320 e. The largest absolute Gasteiger partial charge is 0.331 e. The Kier molecular flexibility index (Phi) is 3.93. The Bertz CT molecular complexity index is 907. The maximum absolute atomic E-state index is 13.3. The molecule has 3 aromatic rings. The molecular formula is C19H17FN4O. The zero-order valence-electron chi connectivity index (χ0n) is 13.4. The molecule has 1 heterocycles. The van der Waals surface area contributed by atoms with Gasteiger partial charge in [0.1, 0.15) is 5.82 Å². The first-order chi connectivity index (χ1) is 12.2. The molecule has 1 aliphatic carbocycles. The predicted octanol–water partition coefficient (Wildman–Crippen LogP) is 3.82. The summed E-state index contributed by atoms with van der Waals surface area (Å²) in [6.07, 6.45) is 3.32. The average molecular weight is 336 g/mol. The lowest BCUT2D eigenvalue weighted by Crippen LogP contribution is -2.31. The monoisotopic (exact) mass is 336 g/mol. The second kappa shape index (κ2) is 6.39. The van der Waals surface area contributed by atoms with Crippen molar-refractivity contribution in [3.8, 4) is 5.69 Å². The Hall–Kier alpha value is -3.15. The molecule has 0 radical (unpaired) electrons. The van der Waals surface area contributed by atoms with Gasteiger partial charge in [-0.25, -0.2) is 13.9 Å². The van der Waals surface area contributed by atoms with Crippen LogP contribution in [0.5, 0.6) is 0 Å². The number of carbonyl (C=O) groups excluding carboxylic acids is 1. The molecule has 1 aromatic heterocycles. The lowest BCUT2D eigenvalue weighted by Gasteiger charge is -2.14. The van der Waals surface area contributed by atoms with Gasteiger partial charge in [0.2, 0.25) is 0 Å². The summed E-state index contributed by atoms with van der Waals surface area (Å²) in [6, 6.07) is 15.7. The van der Waals surface area contributed by atoms with Gasteiger partial charge < -0.3 is 5.32 Å². The summed E-state index contributed by atoms with van der Waals surface area (Å²) in [7, 11) is 0. The van der Waals surface area contributed by atoms with Crippen molar-refractivity contribution in [1.82, 2.24) is 15.1 Å². The molecular weight excluding hydrogens is 319 g/mol. The van der Waals surface area contributed by atoms with Gasteiger partial charge in [-0.1, -0.05) is 24.3 Å². The van der Waals surface area contributed by atoms with Crippen molar-refractivity contribution in [2.45, 2.75) is 18.9 Å². The van der Waals surface area contributed by atoms with E-state index in [4.69, 9.17) is 0 Å². The molecule has 0 bridgehead atoms. The Labute approximate surface area is 144 Å². The summed E-state index contributed by atoms with van der Waals surface area (Å²) in [6.45, 7) is 0. The van der Waals surface area contributed by atoms with Crippen LogP contribution >= 0.6 is 0 Å². The number of hydrogen-bond acceptors (Lipinski definition) is 2. The minimum Gasteiger partial charge on any atom is -0.331 e. The van der Waals surface area contributed by atoms with Crippen LogP contribution in [-0.2, 0) is 6.42 Å². The molecule has 6 heteroatoms. The van der Waals surface area contributed by atoms with E-state index in [0.717, 1.165) is 29.7 Å². The summed E-state index contributed by atoms with van der Waals surface area (Å²) in [5.74, 6) is 0.231. The van der Waals surface area contributed by atoms with Crippen molar-refractivity contribution in [3.05, 3.63) is 77.7 Å². The van der Waals surface area contributed by atoms with Gasteiger partial charge in [0.25, 0.3) is 0 Å². The standard InChI is InChI=1S/C19H17FN4O/c20-14-7-8-16-13(12-14)6-9-17(16)21-19(25)22-18-10-11-24(23-18)15-4-2-1-3-5-15/h1-5,7-8,10-12,17H,6,9H2,(H2,21,22,23,25). The second-order valence-electron chi connectivity index (χ2n) is 6.01. The summed E-state index contributed by atoms with van der Waals surface area (Å²) in [4.78, 5) is 12.2. The number of halogens is 1. The lowest BCUT2D eigenvalue weighted by atomic mass is 10.1. The molecule has 0 saturated carbocycles. The number of anilines is 1. The molecule has 4 rings (SSSR count). The molecule has 2 N–H and O–H groups in total. The van der Waals surface area contributed by atoms with Gasteiger partial charge >= 0.3 is 6.03 Å². The third kappa shape index (κ3) is 3.24. The van der Waals surface area contributed by atoms with E-state index in [9.17, 15) is 9.18 Å². The van der Waals surface area contributed by atoms with Crippen molar-refractivity contribution >= 4 is 11.8 Å². The fraction of sp³-hybridized carbons (Fsp3) is 0.158. The number of amides is 2. The SMILES string of the molecule is O=C(Nc1ccn(-c2ccccc2)n1)NC1CCc2cc(F)ccc21. The maximum atomic E-state index is 13.3. The fourth-order valence-electron chi connectivity index (χ4n) is 3.16. The minimum atomic E-state index is -0.319. The smallest absolute Gasteiger partial charge is 0.320 e. The van der Waals surface area contributed by atoms with Crippen LogP contribution in [0.4, 0.5) is 15.0 Å². The van der Waals surface area contributed by atoms with Crippen molar-refractivity contribution in [2.75, 3.05) is 5.32 Å². The van der Waals surface area contributed by atoms with E-state index in [-0.39, 0.29) is 17.9 Å². The van der Waals surface area contributed by atoms with Crippen molar-refractivity contribution in [3.63, 3.8) is 0 Å². The van der Waals surface area contributed by atoms with Gasteiger partial charge in [-0.3, -0.25) is 5.32 Å². The molecule has 2 aromatic carbocycles. The van der Waals surface area contributed by atoms with E-state index in [0.29, 0.717) is 5.82 Å². The van der Waals surface area contributed by atoms with Crippen LogP contribution in [-0.4, -0.2) is 15.8 Å². The van der Waals surface area contributed by atoms with Crippen LogP contribution in [0.3, 0.4) is 0 Å². The van der Waals surface area contributed by atoms with E-state index in [1.54, 1.807) is 23.0 Å². The molecule has 5 nitrogen and oxygen atoms in total. The Balaban J connectivity index is 1.42. The highest BCUT2D eigenvalue weighted by Crippen LogP contribution is 2.31. The number of nitrogens with one attached hydrogen (secondary N) is 2. The van der Waals surface area contributed by atoms with E-state index in [1.165, 1.54) is 12.1 Å². The molecule has 1 aliphatic rings. The zero-order valence-corrected chi connectivity index (χ0v) is 13.4. The van der Waals surface area contributed by atoms with Crippen molar-refractivity contribution in [2.24, 2.45) is 0 Å². The number of carbonyl (C=O) groups is 1. The van der Waals surface area contributed by atoms with Gasteiger partial charge in [0.05, 0.1) is 11.7 Å². The summed E-state index contributed by atoms with van der Waals surface area (Å²) in [5.41, 5.74) is 2.85. The number of rotatable bonds is 3. The number of hydrogen-bond donors (Lipinski definition) is 2. The molecule has 126 valence electrons. The van der Waals surface area contributed by atoms with E-state index >= 15 is 0 Å². The first kappa shape index (κ1) is 15.4. The summed E-state index contributed by atoms with van der Waals surface area (Å²) >= 11 is 0. The topological polar surface area (TPSA) is 59.0 Å². The average Bonchev–Trinajstić information content (AvgIpc) is 3.23. The van der Waals surface area contributed by atoms with Crippen LogP contribution in [0.1, 0.15) is 23.6 Å². The highest BCUT2D eigenvalue weighted by molar-refractivity contribution is 5.88. The summed E-state index contributed by atoms with van der Waals surface area (Å²) < 4.78 is 15.0. The van der Waals surface area contributed by atoms with Crippen LogP contribution in [0, 0.1) is 5.82 Å². The molecule has 1 unspecified atom stereocenters. The van der Waals surface area contributed by atoms with Crippen LogP contribution in [0.2, 0.25) is 0 Å². The number of benzene rings is 2. The molecule has 1 atom stereocenters. The summed E-state index contributed by atoms with van der Waals surface area (Å²) in [5, 5.41) is 10.0. The van der Waals surface area contributed by atoms with Crippen LogP contribution < -0.4 is 10.6 Å². The predicted molar refractivity (Wildman–Crippen MR) is 93.2 cm³/mol. The first-order valence-electron chi connectivity index (χ1n) is 8.16. The molecule has 0 saturated heterocycles. The second-order valence-corrected chi connectivity index (χ2v) is 6.01. The molecule has 25 heavy (non-hydrogen) atoms. The number of urea groups is 1. The molecule has 0 fully saturated rings. The first-order valence-corrected chi connectivity index (χ1v) is 8.16. The molecule has 0 spiro atoms. The Morgan fingerprint density at radius 3 is 2.84 bits per heavy atom. The van der Waals surface area contributed by atoms with Crippen molar-refractivity contribution in [1.29, 1.82) is 0 Å². The molecule has 2 amide bonds. The van der Waals surface area contributed by atoms with E-state index in [2.05, 4.69) is 15.7 Å². The van der Waals surface area contributed by atoms with Crippen LogP contribution in [0.25, 0.3) is 5.69 Å². The van der Waals surface area contributed by atoms with Crippen molar-refractivity contribution < 1.29 is 9.18 Å². The minimum absolute atomic E-state index is 0.105. The van der Waals surface area contributed by atoms with Gasteiger partial charge in [-0.05, 0) is 48.2 Å². The number of aromatic nitrogens is 2. The highest BCUT2D eigenvalue weighted by Gasteiger charge is 2.24. The quantitative estimate of drug-likeness (QED) is 0.764. The lowest BCUT2D eigenvalue weighted by molar-refractivity contribution is 0.248. The fourth-order valence-corrected chi connectivity index (χ4v) is 3.16. The molecule has 0 aliphatic heterocycles. The normalized spacial score (nSPS) is 15.6. The number of fused-ring (bicyclic) bond motifs is 1. The Morgan fingerprint density at radius 2 is 2.00 bits per heavy atom. The third-order valence-corrected chi connectivity index (χ3v) is 4.34. The van der Waals surface area contributed by atoms with Gasteiger partial charge in [0, 0.05) is 12.3 Å². The van der Waals surface area contributed by atoms with Gasteiger partial charge in [0.15, 0.2) is 5.82 Å². The highest BCUT2D eigenvalue weighted by atomic mass is 19.1. The zero-order chi connectivity index (χ0) is 17.2. The number of nitrogens with zero attached hydrogens (tertiary/aromatic N) is 2.